The highest BCUT2D eigenvalue weighted by Crippen LogP contribution is 2.46. The number of para-hydroxylation sites is 1. The van der Waals surface area contributed by atoms with Gasteiger partial charge in [-0.3, -0.25) is 14.5 Å². The van der Waals surface area contributed by atoms with Gasteiger partial charge in [0.1, 0.15) is 11.4 Å². The van der Waals surface area contributed by atoms with Crippen LogP contribution < -0.4 is 24.5 Å². The lowest BCUT2D eigenvalue weighted by Gasteiger charge is -2.25. The molecule has 5 rings (SSSR count). The first-order valence-corrected chi connectivity index (χ1v) is 10.6. The van der Waals surface area contributed by atoms with E-state index in [1.165, 1.54) is 26.2 Å². The van der Waals surface area contributed by atoms with E-state index in [1.807, 2.05) is 19.1 Å². The number of nitrogens with zero attached hydrogens (tertiary/aromatic N) is 2. The van der Waals surface area contributed by atoms with E-state index < -0.39 is 11.9 Å². The summed E-state index contributed by atoms with van der Waals surface area (Å²) in [4.78, 5) is 33.4. The van der Waals surface area contributed by atoms with Crippen LogP contribution in [0.3, 0.4) is 0 Å². The second-order valence-corrected chi connectivity index (χ2v) is 7.84. The first-order chi connectivity index (χ1) is 16.5. The Morgan fingerprint density at radius 3 is 2.26 bits per heavy atom. The van der Waals surface area contributed by atoms with Gasteiger partial charge in [-0.25, -0.2) is 4.98 Å². The zero-order valence-corrected chi connectivity index (χ0v) is 19.1. The van der Waals surface area contributed by atoms with E-state index in [0.717, 1.165) is 5.69 Å². The molecule has 4 aromatic rings. The number of carbonyl (C=O) groups excluding carboxylic acids is 1. The maximum atomic E-state index is 13.7. The van der Waals surface area contributed by atoms with Crippen molar-refractivity contribution in [2.45, 2.75) is 13.0 Å². The van der Waals surface area contributed by atoms with Crippen molar-refractivity contribution < 1.29 is 23.4 Å². The van der Waals surface area contributed by atoms with E-state index in [-0.39, 0.29) is 16.8 Å². The van der Waals surface area contributed by atoms with Crippen LogP contribution in [0.5, 0.6) is 17.2 Å². The largest absolute Gasteiger partial charge is 0.493 e. The fourth-order valence-corrected chi connectivity index (χ4v) is 4.39. The van der Waals surface area contributed by atoms with Gasteiger partial charge in [-0.05, 0) is 48.9 Å². The molecule has 172 valence electrons. The molecule has 2 aromatic carbocycles. The molecule has 0 fully saturated rings. The molecule has 8 heteroatoms. The van der Waals surface area contributed by atoms with E-state index in [2.05, 4.69) is 4.98 Å². The Bertz CT molecular complexity index is 1470. The number of amides is 1. The number of fused-ring (bicyclic) bond motifs is 2. The number of aryl methyl sites for hydroxylation is 1. The molecule has 0 saturated carbocycles. The number of hydrogen-bond acceptors (Lipinski definition) is 7. The molecular weight excluding hydrogens is 436 g/mol. The highest BCUT2D eigenvalue weighted by molar-refractivity contribution is 6.10. The summed E-state index contributed by atoms with van der Waals surface area (Å²) >= 11 is 0. The average Bonchev–Trinajstić information content (AvgIpc) is 3.15. The molecule has 0 spiro atoms. The Morgan fingerprint density at radius 1 is 0.912 bits per heavy atom. The number of aromatic nitrogens is 1. The first-order valence-electron chi connectivity index (χ1n) is 10.6. The van der Waals surface area contributed by atoms with Crippen molar-refractivity contribution in [2.75, 3.05) is 26.2 Å². The minimum absolute atomic E-state index is 0.00856. The monoisotopic (exact) mass is 458 g/mol. The van der Waals surface area contributed by atoms with Crippen LogP contribution in [0.15, 0.2) is 63.8 Å². The van der Waals surface area contributed by atoms with Crippen LogP contribution >= 0.6 is 0 Å². The van der Waals surface area contributed by atoms with E-state index in [4.69, 9.17) is 18.6 Å². The van der Waals surface area contributed by atoms with Crippen molar-refractivity contribution in [1.82, 2.24) is 4.98 Å². The summed E-state index contributed by atoms with van der Waals surface area (Å²) in [5.41, 5.74) is 1.63. The van der Waals surface area contributed by atoms with Gasteiger partial charge in [0.05, 0.1) is 38.3 Å². The minimum atomic E-state index is -0.814. The number of methoxy groups -OCH3 is 3. The van der Waals surface area contributed by atoms with Crippen molar-refractivity contribution in [3.8, 4) is 17.2 Å². The molecule has 1 aliphatic heterocycles. The molecule has 1 amide bonds. The van der Waals surface area contributed by atoms with E-state index >= 15 is 0 Å². The van der Waals surface area contributed by atoms with Gasteiger partial charge in [-0.15, -0.1) is 0 Å². The topological polar surface area (TPSA) is 91.1 Å². The number of ether oxygens (including phenoxy) is 3. The third kappa shape index (κ3) is 3.18. The summed E-state index contributed by atoms with van der Waals surface area (Å²) in [7, 11) is 4.53. The number of hydrogen-bond donors (Lipinski definition) is 0. The van der Waals surface area contributed by atoms with Crippen LogP contribution in [0.1, 0.15) is 33.4 Å². The molecule has 2 aromatic heterocycles. The quantitative estimate of drug-likeness (QED) is 0.441. The van der Waals surface area contributed by atoms with Crippen LogP contribution in [-0.4, -0.2) is 32.2 Å². The Morgan fingerprint density at radius 2 is 1.62 bits per heavy atom. The molecule has 1 aliphatic rings. The maximum absolute atomic E-state index is 13.7. The van der Waals surface area contributed by atoms with Crippen LogP contribution in [-0.2, 0) is 0 Å². The molecule has 1 atom stereocenters. The van der Waals surface area contributed by atoms with Crippen molar-refractivity contribution in [1.29, 1.82) is 0 Å². The lowest BCUT2D eigenvalue weighted by atomic mass is 9.97. The van der Waals surface area contributed by atoms with Crippen molar-refractivity contribution in [3.05, 3.63) is 87.4 Å². The van der Waals surface area contributed by atoms with Crippen LogP contribution in [0.4, 0.5) is 5.82 Å². The summed E-state index contributed by atoms with van der Waals surface area (Å²) in [6, 6.07) is 14.9. The van der Waals surface area contributed by atoms with Crippen molar-refractivity contribution in [3.63, 3.8) is 0 Å². The Balaban J connectivity index is 1.84. The highest BCUT2D eigenvalue weighted by Gasteiger charge is 2.44. The third-order valence-electron chi connectivity index (χ3n) is 5.90. The Hall–Kier alpha value is -4.33. The second kappa shape index (κ2) is 8.22. The first kappa shape index (κ1) is 21.5. The predicted molar refractivity (Wildman–Crippen MR) is 126 cm³/mol. The summed E-state index contributed by atoms with van der Waals surface area (Å²) < 4.78 is 22.5. The molecular formula is C26H22N2O6. The highest BCUT2D eigenvalue weighted by atomic mass is 16.5. The number of carbonyl (C=O) groups is 1. The molecule has 8 nitrogen and oxygen atoms in total. The molecule has 0 radical (unpaired) electrons. The zero-order chi connectivity index (χ0) is 24.0. The number of pyridine rings is 1. The molecule has 0 unspecified atom stereocenters. The number of rotatable bonds is 5. The molecule has 0 saturated heterocycles. The SMILES string of the molecule is COc1cc([C@@H]2c3c(oc4ccccc4c3=O)C(=O)N2c2cccc(C)n2)cc(OC)c1OC. The zero-order valence-electron chi connectivity index (χ0n) is 19.1. The Kier molecular flexibility index (Phi) is 5.20. The smallest absolute Gasteiger partial charge is 0.296 e. The van der Waals surface area contributed by atoms with E-state index in [0.29, 0.717) is 39.6 Å². The molecule has 3 heterocycles. The normalized spacial score (nSPS) is 14.9. The standard InChI is InChI=1S/C26H22N2O6/c1-14-8-7-11-20(27-14)28-22(15-12-18(31-2)24(33-4)19(13-15)32-3)21-23(29)16-9-5-6-10-17(16)34-25(21)26(28)30/h5-13,22H,1-4H3/t22-/m1/s1. The fraction of sp³-hybridized carbons (Fsp3) is 0.192. The van der Waals surface area contributed by atoms with Crippen LogP contribution in [0.2, 0.25) is 0 Å². The Labute approximate surface area is 195 Å². The summed E-state index contributed by atoms with van der Waals surface area (Å²) in [6.45, 7) is 1.84. The fourth-order valence-electron chi connectivity index (χ4n) is 4.39. The second-order valence-electron chi connectivity index (χ2n) is 7.84. The summed E-state index contributed by atoms with van der Waals surface area (Å²) in [6.07, 6.45) is 0. The number of anilines is 1. The molecule has 34 heavy (non-hydrogen) atoms. The summed E-state index contributed by atoms with van der Waals surface area (Å²) in [5, 5.41) is 0.394. The third-order valence-corrected chi connectivity index (χ3v) is 5.90. The van der Waals surface area contributed by atoms with E-state index in [9.17, 15) is 9.59 Å². The molecule has 0 aliphatic carbocycles. The van der Waals surface area contributed by atoms with Gasteiger partial charge in [0.15, 0.2) is 16.9 Å². The lowest BCUT2D eigenvalue weighted by molar-refractivity contribution is 0.0970. The van der Waals surface area contributed by atoms with Crippen molar-refractivity contribution in [2.24, 2.45) is 0 Å². The van der Waals surface area contributed by atoms with Gasteiger partial charge in [0.25, 0.3) is 5.91 Å². The predicted octanol–water partition coefficient (Wildman–Crippen LogP) is 4.27. The van der Waals surface area contributed by atoms with Gasteiger partial charge in [0.2, 0.25) is 11.5 Å². The summed E-state index contributed by atoms with van der Waals surface area (Å²) in [5.74, 6) is 1.16. The molecule has 0 bridgehead atoms. The van der Waals surface area contributed by atoms with Gasteiger partial charge < -0.3 is 18.6 Å². The minimum Gasteiger partial charge on any atom is -0.493 e. The van der Waals surface area contributed by atoms with Crippen LogP contribution in [0, 0.1) is 6.92 Å². The van der Waals surface area contributed by atoms with E-state index in [1.54, 1.807) is 42.5 Å². The molecule has 0 N–H and O–H groups in total. The van der Waals surface area contributed by atoms with Gasteiger partial charge in [0, 0.05) is 5.69 Å². The lowest BCUT2D eigenvalue weighted by Crippen LogP contribution is -2.30. The maximum Gasteiger partial charge on any atom is 0.296 e. The van der Waals surface area contributed by atoms with Gasteiger partial charge in [-0.2, -0.15) is 0 Å². The van der Waals surface area contributed by atoms with Gasteiger partial charge >= 0.3 is 0 Å². The van der Waals surface area contributed by atoms with Crippen molar-refractivity contribution >= 4 is 22.7 Å². The number of benzene rings is 2. The average molecular weight is 458 g/mol. The van der Waals surface area contributed by atoms with Gasteiger partial charge in [-0.1, -0.05) is 18.2 Å². The van der Waals surface area contributed by atoms with Crippen LogP contribution in [0.25, 0.3) is 11.0 Å².